The number of carbonyl (C=O) groups excluding carboxylic acids is 2. The first-order chi connectivity index (χ1) is 15.1. The number of hydrogen-bond acceptors (Lipinski definition) is 9. The highest BCUT2D eigenvalue weighted by Crippen LogP contribution is 2.40. The number of ether oxygens (including phenoxy) is 4. The van der Waals surface area contributed by atoms with Crippen LogP contribution in [0.3, 0.4) is 0 Å². The predicted octanol–water partition coefficient (Wildman–Crippen LogP) is 1.15. The number of azide groups is 1. The molecule has 0 saturated carbocycles. The lowest BCUT2D eigenvalue weighted by Gasteiger charge is -2.36. The maximum atomic E-state index is 12.7. The first-order valence-electron chi connectivity index (χ1n) is 9.98. The fraction of sp³-hybridized carbons (Fsp3) is 0.684. The van der Waals surface area contributed by atoms with Gasteiger partial charge in [-0.15, -0.1) is 0 Å². The highest BCUT2D eigenvalue weighted by Gasteiger charge is 2.56. The van der Waals surface area contributed by atoms with Crippen molar-refractivity contribution in [3.8, 4) is 0 Å². The molecule has 3 rings (SSSR count). The van der Waals surface area contributed by atoms with Gasteiger partial charge in [-0.05, 0) is 32.4 Å². The van der Waals surface area contributed by atoms with Crippen molar-refractivity contribution in [2.75, 3.05) is 19.0 Å². The molecule has 0 radical (unpaired) electrons. The number of aromatic nitrogens is 2. The van der Waals surface area contributed by atoms with Crippen LogP contribution >= 0.6 is 0 Å². The molecule has 32 heavy (non-hydrogen) atoms. The summed E-state index contributed by atoms with van der Waals surface area (Å²) < 4.78 is 24.2. The van der Waals surface area contributed by atoms with Crippen molar-refractivity contribution in [1.29, 1.82) is 0 Å². The van der Waals surface area contributed by atoms with Gasteiger partial charge in [0.25, 0.3) is 0 Å². The van der Waals surface area contributed by atoms with E-state index in [4.69, 9.17) is 24.5 Å². The lowest BCUT2D eigenvalue weighted by molar-refractivity contribution is -0.173. The van der Waals surface area contributed by atoms with E-state index in [2.05, 4.69) is 20.3 Å². The van der Waals surface area contributed by atoms with E-state index in [1.165, 1.54) is 26.3 Å². The van der Waals surface area contributed by atoms with E-state index in [1.54, 1.807) is 20.8 Å². The minimum Gasteiger partial charge on any atom is -0.454 e. The zero-order valence-electron chi connectivity index (χ0n) is 18.4. The molecule has 1 N–H and O–H groups in total. The Kier molecular flexibility index (Phi) is 6.84. The van der Waals surface area contributed by atoms with Crippen molar-refractivity contribution in [3.05, 3.63) is 33.2 Å². The van der Waals surface area contributed by atoms with Crippen LogP contribution in [0, 0.1) is 5.41 Å². The Hall–Kier alpha value is -2.99. The number of rotatable bonds is 5. The third kappa shape index (κ3) is 4.75. The summed E-state index contributed by atoms with van der Waals surface area (Å²) in [6.45, 7) is 6.45. The monoisotopic (exact) mass is 450 g/mol. The number of esters is 1. The Bertz CT molecular complexity index is 983. The second kappa shape index (κ2) is 9.25. The normalized spacial score (nSPS) is 29.5. The standard InChI is InChI=1S/C19H26N6O7/c1-9(26)21-11-6-7-25(18(28)22-11)16-15(32-17(27)19(2,3)4)14-13(31-16)12(23-24-20)10(29-5)8-30-14/h6-7,10,12-16H,8H2,1-5H3,(H,21,22,26,28)/t10-,12-,13-,14-,15-,16-/m1/s1. The van der Waals surface area contributed by atoms with Gasteiger partial charge in [0, 0.05) is 25.1 Å². The number of amides is 1. The van der Waals surface area contributed by atoms with Crippen molar-refractivity contribution >= 4 is 17.7 Å². The molecule has 2 aliphatic heterocycles. The molecule has 1 aromatic heterocycles. The molecule has 13 heteroatoms. The van der Waals surface area contributed by atoms with E-state index in [-0.39, 0.29) is 18.3 Å². The Morgan fingerprint density at radius 3 is 2.66 bits per heavy atom. The van der Waals surface area contributed by atoms with E-state index in [9.17, 15) is 14.4 Å². The van der Waals surface area contributed by atoms with Gasteiger partial charge in [0.05, 0.1) is 24.2 Å². The maximum Gasteiger partial charge on any atom is 0.351 e. The van der Waals surface area contributed by atoms with Crippen LogP contribution < -0.4 is 11.0 Å². The molecule has 0 spiro atoms. The Morgan fingerprint density at radius 2 is 2.09 bits per heavy atom. The highest BCUT2D eigenvalue weighted by molar-refractivity contribution is 5.87. The molecule has 6 atom stereocenters. The molecular formula is C19H26N6O7. The molecule has 2 aliphatic rings. The number of fused-ring (bicyclic) bond motifs is 1. The summed E-state index contributed by atoms with van der Waals surface area (Å²) in [6.07, 6.45) is -2.98. The van der Waals surface area contributed by atoms with Crippen LogP contribution in [-0.4, -0.2) is 65.6 Å². The molecule has 2 fully saturated rings. The zero-order valence-corrected chi connectivity index (χ0v) is 18.4. The average Bonchev–Trinajstić information content (AvgIpc) is 3.06. The van der Waals surface area contributed by atoms with Gasteiger partial charge in [0.1, 0.15) is 18.0 Å². The van der Waals surface area contributed by atoms with Gasteiger partial charge in [-0.1, -0.05) is 5.11 Å². The third-order valence-corrected chi connectivity index (χ3v) is 5.15. The molecule has 0 bridgehead atoms. The molecule has 13 nitrogen and oxygen atoms in total. The molecule has 3 heterocycles. The van der Waals surface area contributed by atoms with Crippen LogP contribution in [0.2, 0.25) is 0 Å². The van der Waals surface area contributed by atoms with Gasteiger partial charge in [-0.3, -0.25) is 14.2 Å². The SMILES string of the molecule is CO[C@@H]1CO[C@@H]2[C@H](O[C@@H](n3ccc(NC(C)=O)nc3=O)[C@@H]2OC(=O)C(C)(C)C)[C@@H]1N=[N+]=[N-]. The van der Waals surface area contributed by atoms with Gasteiger partial charge in [0.15, 0.2) is 12.3 Å². The lowest BCUT2D eigenvalue weighted by atomic mass is 9.95. The highest BCUT2D eigenvalue weighted by atomic mass is 16.6. The summed E-state index contributed by atoms with van der Waals surface area (Å²) >= 11 is 0. The molecule has 174 valence electrons. The largest absolute Gasteiger partial charge is 0.454 e. The van der Waals surface area contributed by atoms with Crippen molar-refractivity contribution in [3.63, 3.8) is 0 Å². The molecular weight excluding hydrogens is 424 g/mol. The quantitative estimate of drug-likeness (QED) is 0.302. The summed E-state index contributed by atoms with van der Waals surface area (Å²) in [6, 6.07) is 0.646. The van der Waals surface area contributed by atoms with Crippen molar-refractivity contribution in [1.82, 2.24) is 9.55 Å². The summed E-state index contributed by atoms with van der Waals surface area (Å²) in [5, 5.41) is 6.23. The van der Waals surface area contributed by atoms with Gasteiger partial charge < -0.3 is 24.3 Å². The van der Waals surface area contributed by atoms with Crippen LogP contribution in [0.4, 0.5) is 5.82 Å². The zero-order chi connectivity index (χ0) is 23.6. The summed E-state index contributed by atoms with van der Waals surface area (Å²) in [7, 11) is 1.45. The number of methoxy groups -OCH3 is 1. The molecule has 1 aromatic rings. The van der Waals surface area contributed by atoms with Crippen LogP contribution in [-0.2, 0) is 28.5 Å². The van der Waals surface area contributed by atoms with E-state index < -0.39 is 53.8 Å². The minimum atomic E-state index is -1.10. The number of carbonyl (C=O) groups is 2. The predicted molar refractivity (Wildman–Crippen MR) is 110 cm³/mol. The molecule has 2 saturated heterocycles. The Morgan fingerprint density at radius 1 is 1.38 bits per heavy atom. The fourth-order valence-electron chi connectivity index (χ4n) is 3.56. The number of hydrogen-bond donors (Lipinski definition) is 1. The lowest BCUT2D eigenvalue weighted by Crippen LogP contribution is -2.54. The number of nitrogens with zero attached hydrogens (tertiary/aromatic N) is 5. The molecule has 0 unspecified atom stereocenters. The second-order valence-electron chi connectivity index (χ2n) is 8.56. The minimum absolute atomic E-state index is 0.0695. The van der Waals surface area contributed by atoms with Crippen molar-refractivity contribution in [2.24, 2.45) is 10.5 Å². The summed E-state index contributed by atoms with van der Waals surface area (Å²) in [5.41, 5.74) is 7.46. The topological polar surface area (TPSA) is 167 Å². The van der Waals surface area contributed by atoms with E-state index >= 15 is 0 Å². The molecule has 0 aromatic carbocycles. The van der Waals surface area contributed by atoms with E-state index in [1.807, 2.05) is 0 Å². The second-order valence-corrected chi connectivity index (χ2v) is 8.56. The number of nitrogens with one attached hydrogen (secondary N) is 1. The molecule has 1 amide bonds. The summed E-state index contributed by atoms with van der Waals surface area (Å²) in [5.74, 6) is -0.837. The average molecular weight is 450 g/mol. The fourth-order valence-corrected chi connectivity index (χ4v) is 3.56. The van der Waals surface area contributed by atoms with Crippen molar-refractivity contribution in [2.45, 2.75) is 64.4 Å². The third-order valence-electron chi connectivity index (χ3n) is 5.15. The van der Waals surface area contributed by atoms with E-state index in [0.29, 0.717) is 0 Å². The van der Waals surface area contributed by atoms with Gasteiger partial charge in [0.2, 0.25) is 5.91 Å². The Labute approximate surface area is 183 Å². The van der Waals surface area contributed by atoms with Crippen LogP contribution in [0.5, 0.6) is 0 Å². The van der Waals surface area contributed by atoms with Crippen LogP contribution in [0.15, 0.2) is 22.2 Å². The molecule has 0 aliphatic carbocycles. The summed E-state index contributed by atoms with van der Waals surface area (Å²) in [4.78, 5) is 43.3. The maximum absolute atomic E-state index is 12.7. The van der Waals surface area contributed by atoms with Crippen LogP contribution in [0.1, 0.15) is 33.9 Å². The Balaban J connectivity index is 2.00. The van der Waals surface area contributed by atoms with Gasteiger partial charge in [-0.25, -0.2) is 4.79 Å². The van der Waals surface area contributed by atoms with E-state index in [0.717, 1.165) is 4.57 Å². The van der Waals surface area contributed by atoms with Gasteiger partial charge in [-0.2, -0.15) is 4.98 Å². The smallest absolute Gasteiger partial charge is 0.351 e. The van der Waals surface area contributed by atoms with Crippen molar-refractivity contribution < 1.29 is 28.5 Å². The first kappa shape index (κ1) is 23.7. The van der Waals surface area contributed by atoms with Gasteiger partial charge >= 0.3 is 11.7 Å². The first-order valence-corrected chi connectivity index (χ1v) is 9.98. The number of anilines is 1. The van der Waals surface area contributed by atoms with Crippen LogP contribution in [0.25, 0.3) is 10.4 Å².